The molecule has 1 rings (SSSR count). The number of methoxy groups -OCH3 is 1. The Kier molecular flexibility index (Phi) is 4.74. The lowest BCUT2D eigenvalue weighted by molar-refractivity contribution is 0.374. The van der Waals surface area contributed by atoms with Gasteiger partial charge in [0.25, 0.3) is 0 Å². The Labute approximate surface area is 96.6 Å². The fourth-order valence-corrected chi connectivity index (χ4v) is 1.70. The molecule has 0 aromatic heterocycles. The van der Waals surface area contributed by atoms with Crippen LogP contribution in [0.25, 0.3) is 0 Å². The summed E-state index contributed by atoms with van der Waals surface area (Å²) in [4.78, 5) is 0. The summed E-state index contributed by atoms with van der Waals surface area (Å²) in [7, 11) is 1.47. The van der Waals surface area contributed by atoms with Gasteiger partial charge in [0, 0.05) is 11.6 Å². The van der Waals surface area contributed by atoms with Crippen molar-refractivity contribution in [3.63, 3.8) is 0 Å². The van der Waals surface area contributed by atoms with E-state index in [0.29, 0.717) is 5.92 Å². The Morgan fingerprint density at radius 1 is 1.31 bits per heavy atom. The van der Waals surface area contributed by atoms with Crippen LogP contribution in [0.1, 0.15) is 38.3 Å². The Morgan fingerprint density at radius 3 is 2.56 bits per heavy atom. The Hall–Kier alpha value is -1.09. The maximum Gasteiger partial charge on any atom is 0.165 e. The molecule has 0 fully saturated rings. The Balaban J connectivity index is 2.82. The van der Waals surface area contributed by atoms with Crippen molar-refractivity contribution in [1.29, 1.82) is 0 Å². The summed E-state index contributed by atoms with van der Waals surface area (Å²) in [5.41, 5.74) is 6.79. The van der Waals surface area contributed by atoms with Gasteiger partial charge in [0.05, 0.1) is 7.11 Å². The molecule has 0 saturated carbocycles. The summed E-state index contributed by atoms with van der Waals surface area (Å²) in [6, 6.07) is 4.72. The van der Waals surface area contributed by atoms with E-state index in [9.17, 15) is 4.39 Å². The molecule has 0 aliphatic heterocycles. The highest BCUT2D eigenvalue weighted by atomic mass is 19.1. The van der Waals surface area contributed by atoms with E-state index in [1.165, 1.54) is 13.2 Å². The second kappa shape index (κ2) is 5.85. The van der Waals surface area contributed by atoms with Gasteiger partial charge in [0.1, 0.15) is 0 Å². The average molecular weight is 225 g/mol. The second-order valence-electron chi connectivity index (χ2n) is 4.44. The van der Waals surface area contributed by atoms with E-state index in [1.807, 2.05) is 6.07 Å². The van der Waals surface area contributed by atoms with Gasteiger partial charge in [-0.05, 0) is 24.8 Å². The molecule has 0 saturated heterocycles. The first-order valence-corrected chi connectivity index (χ1v) is 5.64. The van der Waals surface area contributed by atoms with Crippen LogP contribution in [0.3, 0.4) is 0 Å². The van der Waals surface area contributed by atoms with Crippen molar-refractivity contribution in [1.82, 2.24) is 0 Å². The molecule has 0 aliphatic rings. The quantitative estimate of drug-likeness (QED) is 0.834. The Bertz CT molecular complexity index is 339. The molecule has 0 unspecified atom stereocenters. The number of halogens is 1. The third-order valence-corrected chi connectivity index (χ3v) is 2.66. The zero-order valence-corrected chi connectivity index (χ0v) is 10.2. The highest BCUT2D eigenvalue weighted by Crippen LogP contribution is 2.29. The molecule has 0 amide bonds. The zero-order valence-electron chi connectivity index (χ0n) is 10.2. The van der Waals surface area contributed by atoms with Crippen LogP contribution in [-0.2, 0) is 0 Å². The number of para-hydroxylation sites is 1. The van der Waals surface area contributed by atoms with Crippen LogP contribution in [0, 0.1) is 11.7 Å². The second-order valence-corrected chi connectivity index (χ2v) is 4.44. The monoisotopic (exact) mass is 225 g/mol. The fraction of sp³-hybridized carbons (Fsp3) is 0.538. The van der Waals surface area contributed by atoms with Gasteiger partial charge in [-0.15, -0.1) is 0 Å². The average Bonchev–Trinajstić information content (AvgIpc) is 2.25. The highest BCUT2D eigenvalue weighted by molar-refractivity contribution is 5.37. The molecule has 2 N–H and O–H groups in total. The van der Waals surface area contributed by atoms with E-state index in [0.717, 1.165) is 18.4 Å². The van der Waals surface area contributed by atoms with Crippen LogP contribution in [-0.4, -0.2) is 7.11 Å². The largest absolute Gasteiger partial charge is 0.493 e. The number of benzene rings is 1. The van der Waals surface area contributed by atoms with Crippen molar-refractivity contribution >= 4 is 0 Å². The van der Waals surface area contributed by atoms with E-state index in [1.54, 1.807) is 6.07 Å². The van der Waals surface area contributed by atoms with Gasteiger partial charge in [-0.1, -0.05) is 26.0 Å². The lowest BCUT2D eigenvalue weighted by Crippen LogP contribution is -2.13. The van der Waals surface area contributed by atoms with Crippen LogP contribution in [0.2, 0.25) is 0 Å². The fourth-order valence-electron chi connectivity index (χ4n) is 1.70. The molecule has 0 bridgehead atoms. The van der Waals surface area contributed by atoms with Gasteiger partial charge >= 0.3 is 0 Å². The third-order valence-electron chi connectivity index (χ3n) is 2.66. The summed E-state index contributed by atoms with van der Waals surface area (Å²) >= 11 is 0. The van der Waals surface area contributed by atoms with Crippen molar-refractivity contribution in [3.8, 4) is 5.75 Å². The smallest absolute Gasteiger partial charge is 0.165 e. The number of hydrogen-bond acceptors (Lipinski definition) is 2. The van der Waals surface area contributed by atoms with E-state index >= 15 is 0 Å². The van der Waals surface area contributed by atoms with Gasteiger partial charge in [0.15, 0.2) is 11.6 Å². The lowest BCUT2D eigenvalue weighted by Gasteiger charge is -2.16. The van der Waals surface area contributed by atoms with Gasteiger partial charge in [-0.25, -0.2) is 4.39 Å². The molecular formula is C13H20FNO. The topological polar surface area (TPSA) is 35.2 Å². The van der Waals surface area contributed by atoms with Gasteiger partial charge in [-0.2, -0.15) is 0 Å². The lowest BCUT2D eigenvalue weighted by atomic mass is 9.97. The SMILES string of the molecule is COc1c(F)cccc1[C@H](N)CCC(C)C. The standard InChI is InChI=1S/C13H20FNO/c1-9(2)7-8-12(15)10-5-4-6-11(14)13(10)16-3/h4-6,9,12H,7-8,15H2,1-3H3/t12-/m1/s1. The predicted molar refractivity (Wildman–Crippen MR) is 64.0 cm³/mol. The number of ether oxygens (including phenoxy) is 1. The molecule has 2 nitrogen and oxygen atoms in total. The molecule has 3 heteroatoms. The highest BCUT2D eigenvalue weighted by Gasteiger charge is 2.15. The molecule has 0 heterocycles. The summed E-state index contributed by atoms with van der Waals surface area (Å²) in [5, 5.41) is 0. The van der Waals surface area contributed by atoms with E-state index in [-0.39, 0.29) is 17.6 Å². The van der Waals surface area contributed by atoms with Crippen molar-refractivity contribution in [2.45, 2.75) is 32.7 Å². The van der Waals surface area contributed by atoms with Gasteiger partial charge < -0.3 is 10.5 Å². The molecular weight excluding hydrogens is 205 g/mol. The summed E-state index contributed by atoms with van der Waals surface area (Å²) in [6.07, 6.45) is 1.87. The van der Waals surface area contributed by atoms with E-state index in [2.05, 4.69) is 13.8 Å². The molecule has 0 aliphatic carbocycles. The number of nitrogens with two attached hydrogens (primary N) is 1. The van der Waals surface area contributed by atoms with Gasteiger partial charge in [0.2, 0.25) is 0 Å². The van der Waals surface area contributed by atoms with Gasteiger partial charge in [-0.3, -0.25) is 0 Å². The van der Waals surface area contributed by atoms with E-state index < -0.39 is 0 Å². The van der Waals surface area contributed by atoms with Crippen molar-refractivity contribution in [2.75, 3.05) is 7.11 Å². The normalized spacial score (nSPS) is 12.9. The van der Waals surface area contributed by atoms with Crippen molar-refractivity contribution < 1.29 is 9.13 Å². The first kappa shape index (κ1) is 13.0. The maximum absolute atomic E-state index is 13.4. The molecule has 90 valence electrons. The van der Waals surface area contributed by atoms with Crippen molar-refractivity contribution in [3.05, 3.63) is 29.6 Å². The molecule has 1 aromatic carbocycles. The van der Waals surface area contributed by atoms with E-state index in [4.69, 9.17) is 10.5 Å². The van der Waals surface area contributed by atoms with Crippen LogP contribution in [0.5, 0.6) is 5.75 Å². The Morgan fingerprint density at radius 2 is 2.00 bits per heavy atom. The summed E-state index contributed by atoms with van der Waals surface area (Å²) < 4.78 is 18.5. The molecule has 1 atom stereocenters. The van der Waals surface area contributed by atoms with Crippen LogP contribution in [0.15, 0.2) is 18.2 Å². The van der Waals surface area contributed by atoms with Crippen molar-refractivity contribution in [2.24, 2.45) is 11.7 Å². The number of hydrogen-bond donors (Lipinski definition) is 1. The van der Waals surface area contributed by atoms with Crippen LogP contribution >= 0.6 is 0 Å². The number of rotatable bonds is 5. The van der Waals surface area contributed by atoms with Crippen LogP contribution in [0.4, 0.5) is 4.39 Å². The molecule has 16 heavy (non-hydrogen) atoms. The molecule has 0 spiro atoms. The zero-order chi connectivity index (χ0) is 12.1. The first-order valence-electron chi connectivity index (χ1n) is 5.64. The van der Waals surface area contributed by atoms with Crippen LogP contribution < -0.4 is 10.5 Å². The predicted octanol–water partition coefficient (Wildman–Crippen LogP) is 3.27. The minimum atomic E-state index is -0.347. The molecule has 0 radical (unpaired) electrons. The minimum absolute atomic E-state index is 0.159. The minimum Gasteiger partial charge on any atom is -0.493 e. The molecule has 1 aromatic rings. The summed E-state index contributed by atoms with van der Waals surface area (Å²) in [6.45, 7) is 4.30. The third kappa shape index (κ3) is 3.20. The first-order chi connectivity index (χ1) is 7.56. The maximum atomic E-state index is 13.4. The summed E-state index contributed by atoms with van der Waals surface area (Å²) in [5.74, 6) is 0.532.